The third-order valence-electron chi connectivity index (χ3n) is 6.16. The second kappa shape index (κ2) is 9.38. The summed E-state index contributed by atoms with van der Waals surface area (Å²) in [4.78, 5) is 13.1. The van der Waals surface area contributed by atoms with Gasteiger partial charge in [-0.2, -0.15) is 0 Å². The summed E-state index contributed by atoms with van der Waals surface area (Å²) in [6.45, 7) is 6.43. The quantitative estimate of drug-likeness (QED) is 0.422. The van der Waals surface area contributed by atoms with E-state index in [1.807, 2.05) is 30.3 Å². The topological polar surface area (TPSA) is 55.8 Å². The maximum Gasteiger partial charge on any atom is 0.170 e. The number of phenolic OH excluding ortho intramolecular Hbond substituents is 1. The lowest BCUT2D eigenvalue weighted by molar-refractivity contribution is 0.0110. The number of aromatic hydroxyl groups is 1. The van der Waals surface area contributed by atoms with E-state index in [1.54, 1.807) is 13.2 Å². The standard InChI is InChI=1S/C26H32O4/c1-18(2)26(14-12-19(3)13-15-26)30-24-17-21(29-4)16-23(28)25(24)22(27)11-10-20-8-6-5-7-9-20/h5-9,12,16-18,28H,10-11,13-15H2,1-4H3/t26-/m0/s1. The summed E-state index contributed by atoms with van der Waals surface area (Å²) in [5, 5.41) is 10.7. The number of ketones is 1. The zero-order valence-electron chi connectivity index (χ0n) is 18.4. The Morgan fingerprint density at radius 1 is 1.20 bits per heavy atom. The molecule has 0 saturated carbocycles. The van der Waals surface area contributed by atoms with E-state index in [0.717, 1.165) is 24.8 Å². The molecule has 0 aliphatic heterocycles. The van der Waals surface area contributed by atoms with E-state index >= 15 is 0 Å². The lowest BCUT2D eigenvalue weighted by Gasteiger charge is -2.40. The molecule has 0 radical (unpaired) electrons. The third kappa shape index (κ3) is 4.86. The fourth-order valence-corrected chi connectivity index (χ4v) is 4.00. The van der Waals surface area contributed by atoms with Crippen LogP contribution in [0.1, 0.15) is 62.4 Å². The zero-order chi connectivity index (χ0) is 21.7. The molecular formula is C26H32O4. The van der Waals surface area contributed by atoms with Crippen molar-refractivity contribution >= 4 is 5.78 Å². The number of allylic oxidation sites excluding steroid dienone is 1. The minimum atomic E-state index is -0.410. The minimum absolute atomic E-state index is 0.0937. The molecular weight excluding hydrogens is 376 g/mol. The normalized spacial score (nSPS) is 18.8. The number of carbonyl (C=O) groups is 1. The summed E-state index contributed by atoms with van der Waals surface area (Å²) >= 11 is 0. The summed E-state index contributed by atoms with van der Waals surface area (Å²) in [5.41, 5.74) is 2.29. The largest absolute Gasteiger partial charge is 0.507 e. The molecule has 1 N–H and O–H groups in total. The number of carbonyl (C=O) groups excluding carboxylic acids is 1. The highest BCUT2D eigenvalue weighted by Gasteiger charge is 2.38. The molecule has 2 aromatic carbocycles. The number of hydrogen-bond acceptors (Lipinski definition) is 4. The summed E-state index contributed by atoms with van der Waals surface area (Å²) in [6, 6.07) is 13.1. The maximum atomic E-state index is 13.1. The van der Waals surface area contributed by atoms with E-state index in [9.17, 15) is 9.90 Å². The van der Waals surface area contributed by atoms with Gasteiger partial charge in [0.1, 0.15) is 28.4 Å². The molecule has 0 heterocycles. The van der Waals surface area contributed by atoms with Crippen molar-refractivity contribution < 1.29 is 19.4 Å². The van der Waals surface area contributed by atoms with Gasteiger partial charge in [0.2, 0.25) is 0 Å². The average Bonchev–Trinajstić information content (AvgIpc) is 2.74. The van der Waals surface area contributed by atoms with Crippen molar-refractivity contribution in [3.05, 3.63) is 65.2 Å². The van der Waals surface area contributed by atoms with E-state index in [0.29, 0.717) is 24.3 Å². The summed E-state index contributed by atoms with van der Waals surface area (Å²) in [5.74, 6) is 0.914. The number of phenols is 1. The maximum absolute atomic E-state index is 13.1. The van der Waals surface area contributed by atoms with Gasteiger partial charge in [-0.1, -0.05) is 55.8 Å². The molecule has 0 fully saturated rings. The van der Waals surface area contributed by atoms with E-state index in [-0.39, 0.29) is 23.0 Å². The second-order valence-electron chi connectivity index (χ2n) is 8.50. The number of ether oxygens (including phenoxy) is 2. The lowest BCUT2D eigenvalue weighted by Crippen LogP contribution is -2.43. The number of methoxy groups -OCH3 is 1. The van der Waals surface area contributed by atoms with Gasteiger partial charge in [0, 0.05) is 25.0 Å². The highest BCUT2D eigenvalue weighted by atomic mass is 16.5. The Morgan fingerprint density at radius 2 is 1.93 bits per heavy atom. The SMILES string of the molecule is COc1cc(O)c(C(=O)CCc2ccccc2)c(O[C@@]2(C(C)C)CC=C(C)CC2)c1. The summed E-state index contributed by atoms with van der Waals surface area (Å²) in [7, 11) is 1.54. The molecule has 0 saturated heterocycles. The second-order valence-corrected chi connectivity index (χ2v) is 8.50. The molecule has 160 valence electrons. The average molecular weight is 409 g/mol. The first-order chi connectivity index (χ1) is 14.3. The third-order valence-corrected chi connectivity index (χ3v) is 6.16. The predicted octanol–water partition coefficient (Wildman–Crippen LogP) is 6.12. The molecule has 4 nitrogen and oxygen atoms in total. The molecule has 0 unspecified atom stereocenters. The Balaban J connectivity index is 1.92. The van der Waals surface area contributed by atoms with E-state index in [1.165, 1.54) is 11.6 Å². The van der Waals surface area contributed by atoms with E-state index in [2.05, 4.69) is 26.8 Å². The Kier molecular flexibility index (Phi) is 6.86. The molecule has 0 bridgehead atoms. The van der Waals surface area contributed by atoms with Gasteiger partial charge in [-0.3, -0.25) is 4.79 Å². The van der Waals surface area contributed by atoms with E-state index in [4.69, 9.17) is 9.47 Å². The Hall–Kier alpha value is -2.75. The van der Waals surface area contributed by atoms with Gasteiger partial charge < -0.3 is 14.6 Å². The van der Waals surface area contributed by atoms with Crippen LogP contribution in [-0.2, 0) is 6.42 Å². The number of rotatable bonds is 8. The van der Waals surface area contributed by atoms with Crippen LogP contribution < -0.4 is 9.47 Å². The molecule has 0 spiro atoms. The fraction of sp³-hybridized carbons (Fsp3) is 0.423. The molecule has 1 atom stereocenters. The number of hydrogen-bond donors (Lipinski definition) is 1. The number of aryl methyl sites for hydroxylation is 1. The number of benzene rings is 2. The molecule has 1 aliphatic carbocycles. The highest BCUT2D eigenvalue weighted by Crippen LogP contribution is 2.42. The summed E-state index contributed by atoms with van der Waals surface area (Å²) in [6.07, 6.45) is 5.76. The Labute approximate surface area is 179 Å². The molecule has 0 amide bonds. The van der Waals surface area contributed by atoms with Crippen LogP contribution in [0.25, 0.3) is 0 Å². The van der Waals surface area contributed by atoms with Gasteiger partial charge in [0.25, 0.3) is 0 Å². The van der Waals surface area contributed by atoms with Crippen molar-refractivity contribution in [1.82, 2.24) is 0 Å². The van der Waals surface area contributed by atoms with Crippen molar-refractivity contribution in [1.29, 1.82) is 0 Å². The molecule has 2 aromatic rings. The van der Waals surface area contributed by atoms with Crippen LogP contribution in [0.4, 0.5) is 0 Å². The van der Waals surface area contributed by atoms with Crippen molar-refractivity contribution in [3.63, 3.8) is 0 Å². The van der Waals surface area contributed by atoms with Gasteiger partial charge in [-0.15, -0.1) is 0 Å². The Bertz CT molecular complexity index is 914. The van der Waals surface area contributed by atoms with Crippen molar-refractivity contribution in [2.45, 2.75) is 58.5 Å². The van der Waals surface area contributed by atoms with Gasteiger partial charge in [-0.25, -0.2) is 0 Å². The van der Waals surface area contributed by atoms with Crippen LogP contribution in [-0.4, -0.2) is 23.6 Å². The molecule has 4 heteroatoms. The summed E-state index contributed by atoms with van der Waals surface area (Å²) < 4.78 is 11.9. The van der Waals surface area contributed by atoms with Gasteiger partial charge >= 0.3 is 0 Å². The first-order valence-corrected chi connectivity index (χ1v) is 10.7. The lowest BCUT2D eigenvalue weighted by atomic mass is 9.78. The van der Waals surface area contributed by atoms with Crippen LogP contribution >= 0.6 is 0 Å². The Morgan fingerprint density at radius 3 is 2.53 bits per heavy atom. The van der Waals surface area contributed by atoms with Gasteiger partial charge in [-0.05, 0) is 37.7 Å². The first-order valence-electron chi connectivity index (χ1n) is 10.7. The van der Waals surface area contributed by atoms with Gasteiger partial charge in [0.15, 0.2) is 5.78 Å². The van der Waals surface area contributed by atoms with Crippen LogP contribution in [0, 0.1) is 5.92 Å². The van der Waals surface area contributed by atoms with Crippen LogP contribution in [0.5, 0.6) is 17.2 Å². The first kappa shape index (κ1) is 21.9. The minimum Gasteiger partial charge on any atom is -0.507 e. The predicted molar refractivity (Wildman–Crippen MR) is 120 cm³/mol. The van der Waals surface area contributed by atoms with Crippen LogP contribution in [0.3, 0.4) is 0 Å². The monoisotopic (exact) mass is 408 g/mol. The number of Topliss-reactive ketones (excluding diaryl/α,β-unsaturated/α-hetero) is 1. The highest BCUT2D eigenvalue weighted by molar-refractivity contribution is 6.01. The molecule has 1 aliphatic rings. The van der Waals surface area contributed by atoms with E-state index < -0.39 is 5.60 Å². The molecule has 30 heavy (non-hydrogen) atoms. The smallest absolute Gasteiger partial charge is 0.170 e. The van der Waals surface area contributed by atoms with Crippen molar-refractivity contribution in [2.75, 3.05) is 7.11 Å². The fourth-order valence-electron chi connectivity index (χ4n) is 4.00. The van der Waals surface area contributed by atoms with Crippen LogP contribution in [0.2, 0.25) is 0 Å². The van der Waals surface area contributed by atoms with Gasteiger partial charge in [0.05, 0.1) is 7.11 Å². The molecule has 3 rings (SSSR count). The van der Waals surface area contributed by atoms with Crippen LogP contribution in [0.15, 0.2) is 54.1 Å². The van der Waals surface area contributed by atoms with Crippen molar-refractivity contribution in [3.8, 4) is 17.2 Å². The zero-order valence-corrected chi connectivity index (χ0v) is 18.4. The van der Waals surface area contributed by atoms with Crippen molar-refractivity contribution in [2.24, 2.45) is 5.92 Å². The molecule has 0 aromatic heterocycles.